The monoisotopic (exact) mass is 307 g/mol. The summed E-state index contributed by atoms with van der Waals surface area (Å²) in [7, 11) is 0. The molecule has 0 unspecified atom stereocenters. The van der Waals surface area contributed by atoms with E-state index in [1.54, 1.807) is 13.0 Å². The van der Waals surface area contributed by atoms with Gasteiger partial charge in [0.15, 0.2) is 0 Å². The largest absolute Gasteiger partial charge is 0.478 e. The lowest BCUT2D eigenvalue weighted by atomic mass is 10.1. The van der Waals surface area contributed by atoms with Crippen LogP contribution in [0.3, 0.4) is 0 Å². The van der Waals surface area contributed by atoms with E-state index in [0.717, 1.165) is 5.56 Å². The van der Waals surface area contributed by atoms with Crippen LogP contribution in [0.25, 0.3) is 0 Å². The van der Waals surface area contributed by atoms with Crippen LogP contribution in [0.4, 0.5) is 10.1 Å². The average molecular weight is 308 g/mol. The molecule has 0 atom stereocenters. The molecule has 0 saturated heterocycles. The summed E-state index contributed by atoms with van der Waals surface area (Å²) in [5.74, 6) is -2.51. The quantitative estimate of drug-likeness (QED) is 0.907. The molecule has 2 rings (SSSR count). The number of aryl methyl sites for hydroxylation is 1. The molecule has 0 aromatic heterocycles. The summed E-state index contributed by atoms with van der Waals surface area (Å²) >= 11 is 5.90. The predicted molar refractivity (Wildman–Crippen MR) is 77.5 cm³/mol. The topological polar surface area (TPSA) is 66.4 Å². The fraction of sp³-hybridized carbons (Fsp3) is 0.0667. The molecule has 0 fully saturated rings. The van der Waals surface area contributed by atoms with Crippen LogP contribution in [0.15, 0.2) is 36.4 Å². The molecule has 21 heavy (non-hydrogen) atoms. The van der Waals surface area contributed by atoms with Crippen molar-refractivity contribution in [3.63, 3.8) is 0 Å². The Morgan fingerprint density at radius 1 is 1.19 bits per heavy atom. The third-order valence-electron chi connectivity index (χ3n) is 2.83. The standard InChI is InChI=1S/C15H11ClFNO3/c1-8-2-5-12(17)10(6-8)14(19)18-13-7-9(15(20)21)3-4-11(13)16/h2-7H,1H3,(H,18,19)(H,20,21). The van der Waals surface area contributed by atoms with Gasteiger partial charge in [-0.25, -0.2) is 9.18 Å². The Hall–Kier alpha value is -2.40. The number of carbonyl (C=O) groups is 2. The van der Waals surface area contributed by atoms with Gasteiger partial charge in [-0.2, -0.15) is 0 Å². The van der Waals surface area contributed by atoms with E-state index in [0.29, 0.717) is 0 Å². The van der Waals surface area contributed by atoms with Crippen LogP contribution in [-0.2, 0) is 0 Å². The number of rotatable bonds is 3. The van der Waals surface area contributed by atoms with Crippen LogP contribution in [0.2, 0.25) is 5.02 Å². The lowest BCUT2D eigenvalue weighted by Gasteiger charge is -2.09. The van der Waals surface area contributed by atoms with Gasteiger partial charge >= 0.3 is 5.97 Å². The number of nitrogens with one attached hydrogen (secondary N) is 1. The number of carbonyl (C=O) groups excluding carboxylic acids is 1. The van der Waals surface area contributed by atoms with Crippen LogP contribution >= 0.6 is 11.6 Å². The van der Waals surface area contributed by atoms with E-state index < -0.39 is 17.7 Å². The van der Waals surface area contributed by atoms with Crippen LogP contribution < -0.4 is 5.32 Å². The summed E-state index contributed by atoms with van der Waals surface area (Å²) in [6, 6.07) is 8.03. The smallest absolute Gasteiger partial charge is 0.335 e. The molecule has 4 nitrogen and oxygen atoms in total. The van der Waals surface area contributed by atoms with E-state index in [4.69, 9.17) is 16.7 Å². The second kappa shape index (κ2) is 5.93. The molecule has 2 aromatic carbocycles. The molecule has 0 spiro atoms. The van der Waals surface area contributed by atoms with E-state index in [1.807, 2.05) is 0 Å². The molecular formula is C15H11ClFNO3. The number of carboxylic acids is 1. The van der Waals surface area contributed by atoms with Gasteiger partial charge in [0.25, 0.3) is 5.91 Å². The van der Waals surface area contributed by atoms with Crippen molar-refractivity contribution in [3.05, 3.63) is 63.9 Å². The number of amides is 1. The first-order valence-electron chi connectivity index (χ1n) is 5.99. The Bertz CT molecular complexity index is 731. The first-order valence-corrected chi connectivity index (χ1v) is 6.36. The summed E-state index contributed by atoms with van der Waals surface area (Å²) < 4.78 is 13.6. The van der Waals surface area contributed by atoms with Gasteiger partial charge < -0.3 is 10.4 Å². The van der Waals surface area contributed by atoms with Crippen molar-refractivity contribution < 1.29 is 19.1 Å². The maximum absolute atomic E-state index is 13.6. The molecule has 0 radical (unpaired) electrons. The van der Waals surface area contributed by atoms with Gasteiger partial charge in [0.05, 0.1) is 21.8 Å². The number of carboxylic acid groups (broad SMARTS) is 1. The van der Waals surface area contributed by atoms with Crippen molar-refractivity contribution in [3.8, 4) is 0 Å². The van der Waals surface area contributed by atoms with Crippen molar-refractivity contribution in [2.75, 3.05) is 5.32 Å². The van der Waals surface area contributed by atoms with Gasteiger partial charge in [-0.1, -0.05) is 23.2 Å². The first-order chi connectivity index (χ1) is 9.88. The Morgan fingerprint density at radius 2 is 1.90 bits per heavy atom. The fourth-order valence-electron chi connectivity index (χ4n) is 1.76. The van der Waals surface area contributed by atoms with Crippen LogP contribution in [0, 0.1) is 12.7 Å². The Kier molecular flexibility index (Phi) is 4.23. The van der Waals surface area contributed by atoms with E-state index in [1.165, 1.54) is 30.3 Å². The van der Waals surface area contributed by atoms with E-state index in [2.05, 4.69) is 5.32 Å². The molecule has 0 bridgehead atoms. The normalized spacial score (nSPS) is 10.2. The van der Waals surface area contributed by atoms with E-state index in [-0.39, 0.29) is 21.8 Å². The predicted octanol–water partition coefficient (Wildman–Crippen LogP) is 3.74. The van der Waals surface area contributed by atoms with E-state index in [9.17, 15) is 14.0 Å². The van der Waals surface area contributed by atoms with Gasteiger partial charge in [0.2, 0.25) is 0 Å². The molecule has 0 aliphatic rings. The number of halogens is 2. The zero-order valence-corrected chi connectivity index (χ0v) is 11.7. The number of aromatic carboxylic acids is 1. The highest BCUT2D eigenvalue weighted by Crippen LogP contribution is 2.24. The van der Waals surface area contributed by atoms with Gasteiger partial charge in [0.1, 0.15) is 5.82 Å². The Morgan fingerprint density at radius 3 is 2.57 bits per heavy atom. The molecule has 108 valence electrons. The lowest BCUT2D eigenvalue weighted by Crippen LogP contribution is -2.14. The Balaban J connectivity index is 2.33. The highest BCUT2D eigenvalue weighted by molar-refractivity contribution is 6.34. The number of benzene rings is 2. The van der Waals surface area contributed by atoms with E-state index >= 15 is 0 Å². The number of anilines is 1. The van der Waals surface area contributed by atoms with Gasteiger partial charge in [-0.05, 0) is 37.3 Å². The minimum Gasteiger partial charge on any atom is -0.478 e. The number of hydrogen-bond acceptors (Lipinski definition) is 2. The molecule has 0 aliphatic carbocycles. The molecule has 6 heteroatoms. The van der Waals surface area contributed by atoms with Crippen molar-refractivity contribution in [1.82, 2.24) is 0 Å². The maximum atomic E-state index is 13.6. The summed E-state index contributed by atoms with van der Waals surface area (Å²) in [5, 5.41) is 11.5. The first kappa shape index (κ1) is 15.0. The highest BCUT2D eigenvalue weighted by atomic mass is 35.5. The minimum atomic E-state index is -1.15. The zero-order valence-electron chi connectivity index (χ0n) is 11.0. The third-order valence-corrected chi connectivity index (χ3v) is 3.16. The van der Waals surface area contributed by atoms with Crippen molar-refractivity contribution >= 4 is 29.2 Å². The van der Waals surface area contributed by atoms with Crippen molar-refractivity contribution in [1.29, 1.82) is 0 Å². The fourth-order valence-corrected chi connectivity index (χ4v) is 1.92. The highest BCUT2D eigenvalue weighted by Gasteiger charge is 2.15. The van der Waals surface area contributed by atoms with Gasteiger partial charge in [-0.3, -0.25) is 4.79 Å². The summed E-state index contributed by atoms with van der Waals surface area (Å²) in [5.41, 5.74) is 0.681. The second-order valence-corrected chi connectivity index (χ2v) is 4.84. The second-order valence-electron chi connectivity index (χ2n) is 4.44. The number of hydrogen-bond donors (Lipinski definition) is 2. The lowest BCUT2D eigenvalue weighted by molar-refractivity contribution is 0.0696. The zero-order chi connectivity index (χ0) is 15.6. The molecule has 1 amide bonds. The minimum absolute atomic E-state index is 0.0283. The Labute approximate surface area is 125 Å². The van der Waals surface area contributed by atoms with Gasteiger partial charge in [0, 0.05) is 0 Å². The SMILES string of the molecule is Cc1ccc(F)c(C(=O)Nc2cc(C(=O)O)ccc2Cl)c1. The van der Waals surface area contributed by atoms with Crippen LogP contribution in [-0.4, -0.2) is 17.0 Å². The van der Waals surface area contributed by atoms with Crippen molar-refractivity contribution in [2.45, 2.75) is 6.92 Å². The van der Waals surface area contributed by atoms with Crippen molar-refractivity contribution in [2.24, 2.45) is 0 Å². The average Bonchev–Trinajstić information content (AvgIpc) is 2.43. The van der Waals surface area contributed by atoms with Crippen LogP contribution in [0.5, 0.6) is 0 Å². The summed E-state index contributed by atoms with van der Waals surface area (Å²) in [6.45, 7) is 1.73. The van der Waals surface area contributed by atoms with Gasteiger partial charge in [-0.15, -0.1) is 0 Å². The summed E-state index contributed by atoms with van der Waals surface area (Å²) in [4.78, 5) is 23.0. The van der Waals surface area contributed by atoms with Crippen LogP contribution in [0.1, 0.15) is 26.3 Å². The maximum Gasteiger partial charge on any atom is 0.335 e. The molecule has 0 saturated carbocycles. The summed E-state index contributed by atoms with van der Waals surface area (Å²) in [6.07, 6.45) is 0. The molecular weight excluding hydrogens is 297 g/mol. The third kappa shape index (κ3) is 3.38. The molecule has 0 heterocycles. The molecule has 2 aromatic rings. The molecule has 0 aliphatic heterocycles. The molecule has 2 N–H and O–H groups in total.